The number of hydrogen-bond donors (Lipinski definition) is 2. The van der Waals surface area contributed by atoms with Gasteiger partial charge in [-0.15, -0.1) is 0 Å². The van der Waals surface area contributed by atoms with E-state index in [1.54, 1.807) is 0 Å². The topological polar surface area (TPSA) is 41.0 Å². The molecule has 3 heterocycles. The van der Waals surface area contributed by atoms with Crippen molar-refractivity contribution in [1.29, 1.82) is 0 Å². The minimum Gasteiger partial charge on any atom is -0.346 e. The van der Waals surface area contributed by atoms with Crippen LogP contribution >= 0.6 is 10.9 Å². The van der Waals surface area contributed by atoms with Crippen molar-refractivity contribution in [1.82, 2.24) is 9.97 Å². The summed E-state index contributed by atoms with van der Waals surface area (Å²) < 4.78 is 0. The predicted octanol–water partition coefficient (Wildman–Crippen LogP) is 1.96. The number of H-pyrrole nitrogens is 1. The fourth-order valence-electron chi connectivity index (χ4n) is 1.76. The molecule has 4 heteroatoms. The molecule has 0 aromatic carbocycles. The van der Waals surface area contributed by atoms with Gasteiger partial charge in [0.25, 0.3) is 0 Å². The zero-order valence-corrected chi connectivity index (χ0v) is 8.54. The third kappa shape index (κ3) is 1.14. The molecule has 2 aromatic rings. The Balaban J connectivity index is 2.19. The maximum absolute atomic E-state index is 4.31. The van der Waals surface area contributed by atoms with Gasteiger partial charge in [0, 0.05) is 40.5 Å². The normalized spacial score (nSPS) is 23.3. The van der Waals surface area contributed by atoms with Crippen LogP contribution in [0.2, 0.25) is 0 Å². The lowest BCUT2D eigenvalue weighted by molar-refractivity contribution is 1.18. The molecule has 0 radical (unpaired) electrons. The largest absolute Gasteiger partial charge is 0.346 e. The zero-order valence-electron chi connectivity index (χ0n) is 7.64. The van der Waals surface area contributed by atoms with Gasteiger partial charge in [-0.05, 0) is 12.1 Å². The first-order chi connectivity index (χ1) is 6.95. The minimum atomic E-state index is -0.166. The average Bonchev–Trinajstić information content (AvgIpc) is 2.88. The summed E-state index contributed by atoms with van der Waals surface area (Å²) in [5, 5.41) is 1.26. The Kier molecular flexibility index (Phi) is 1.80. The van der Waals surface area contributed by atoms with E-state index < -0.39 is 0 Å². The summed E-state index contributed by atoms with van der Waals surface area (Å²) in [7, 11) is -0.166. The first kappa shape index (κ1) is 8.05. The highest BCUT2D eigenvalue weighted by Crippen LogP contribution is 2.39. The monoisotopic (exact) mass is 205 g/mol. The summed E-state index contributed by atoms with van der Waals surface area (Å²) in [6.45, 7) is 0.986. The Morgan fingerprint density at radius 2 is 2.36 bits per heavy atom. The molecule has 0 aliphatic carbocycles. The van der Waals surface area contributed by atoms with Gasteiger partial charge in [-0.3, -0.25) is 4.99 Å². The number of aromatic nitrogens is 2. The molecule has 14 heavy (non-hydrogen) atoms. The van der Waals surface area contributed by atoms with Gasteiger partial charge in [-0.1, -0.05) is 0 Å². The molecular formula is C10H11N3S. The summed E-state index contributed by atoms with van der Waals surface area (Å²) in [6, 6.07) is 4.23. The number of nitrogens with one attached hydrogen (secondary N) is 1. The van der Waals surface area contributed by atoms with Crippen LogP contribution in [0.1, 0.15) is 0 Å². The summed E-state index contributed by atoms with van der Waals surface area (Å²) in [6.07, 6.45) is 3.83. The van der Waals surface area contributed by atoms with Gasteiger partial charge >= 0.3 is 0 Å². The molecule has 1 aliphatic rings. The van der Waals surface area contributed by atoms with Crippen molar-refractivity contribution < 1.29 is 0 Å². The van der Waals surface area contributed by atoms with Crippen molar-refractivity contribution in [3.05, 3.63) is 24.5 Å². The van der Waals surface area contributed by atoms with Crippen LogP contribution in [0, 0.1) is 0 Å². The van der Waals surface area contributed by atoms with E-state index in [1.807, 2.05) is 12.4 Å². The summed E-state index contributed by atoms with van der Waals surface area (Å²) in [5.74, 6) is 1.19. The van der Waals surface area contributed by atoms with Crippen molar-refractivity contribution in [3.63, 3.8) is 0 Å². The van der Waals surface area contributed by atoms with Crippen LogP contribution in [-0.4, -0.2) is 27.8 Å². The highest BCUT2D eigenvalue weighted by molar-refractivity contribution is 8.28. The van der Waals surface area contributed by atoms with E-state index in [0.29, 0.717) is 0 Å². The van der Waals surface area contributed by atoms with Gasteiger partial charge in [0.2, 0.25) is 0 Å². The van der Waals surface area contributed by atoms with Gasteiger partial charge in [0.1, 0.15) is 5.65 Å². The fourth-order valence-corrected chi connectivity index (χ4v) is 3.63. The Bertz CT molecular complexity index is 489. The van der Waals surface area contributed by atoms with Gasteiger partial charge < -0.3 is 4.98 Å². The minimum absolute atomic E-state index is 0.166. The van der Waals surface area contributed by atoms with Crippen molar-refractivity contribution in [3.8, 4) is 0 Å². The van der Waals surface area contributed by atoms with Gasteiger partial charge in [-0.25, -0.2) is 4.98 Å². The fraction of sp³-hybridized carbons (Fsp3) is 0.200. The SMILES string of the molecule is C1=NCC[SH]1c1ccnc2[nH]ccc12. The number of pyridine rings is 1. The Labute approximate surface area is 84.6 Å². The van der Waals surface area contributed by atoms with Gasteiger partial charge in [0.15, 0.2) is 0 Å². The van der Waals surface area contributed by atoms with Crippen molar-refractivity contribution >= 4 is 27.5 Å². The third-order valence-electron chi connectivity index (χ3n) is 2.44. The Hall–Kier alpha value is -1.29. The number of aromatic amines is 1. The quantitative estimate of drug-likeness (QED) is 0.687. The molecular weight excluding hydrogens is 194 g/mol. The number of hydrogen-bond acceptors (Lipinski definition) is 2. The van der Waals surface area contributed by atoms with Crippen LogP contribution in [0.3, 0.4) is 0 Å². The number of thiol groups is 1. The van der Waals surface area contributed by atoms with Crippen LogP contribution in [-0.2, 0) is 0 Å². The van der Waals surface area contributed by atoms with Crippen LogP contribution < -0.4 is 0 Å². The second-order valence-corrected chi connectivity index (χ2v) is 5.38. The molecule has 1 N–H and O–H groups in total. The molecule has 1 unspecified atom stereocenters. The maximum Gasteiger partial charge on any atom is 0.138 e. The van der Waals surface area contributed by atoms with E-state index in [0.717, 1.165) is 12.2 Å². The Morgan fingerprint density at radius 3 is 3.21 bits per heavy atom. The van der Waals surface area contributed by atoms with Gasteiger partial charge in [-0.2, -0.15) is 10.9 Å². The predicted molar refractivity (Wildman–Crippen MR) is 61.6 cm³/mol. The van der Waals surface area contributed by atoms with Crippen LogP contribution in [0.4, 0.5) is 0 Å². The second-order valence-electron chi connectivity index (χ2n) is 3.29. The zero-order chi connectivity index (χ0) is 9.38. The summed E-state index contributed by atoms with van der Waals surface area (Å²) in [4.78, 5) is 13.1. The number of fused-ring (bicyclic) bond motifs is 1. The lowest BCUT2D eigenvalue weighted by Crippen LogP contribution is -1.88. The molecule has 72 valence electrons. The number of aliphatic imine (C=N–C) groups is 1. The van der Waals surface area contributed by atoms with E-state index in [1.165, 1.54) is 16.0 Å². The number of nitrogens with zero attached hydrogens (tertiary/aromatic N) is 2. The molecule has 0 saturated carbocycles. The van der Waals surface area contributed by atoms with Crippen LogP contribution in [0.15, 0.2) is 34.4 Å². The molecule has 2 aromatic heterocycles. The van der Waals surface area contributed by atoms with Crippen molar-refractivity contribution in [2.24, 2.45) is 4.99 Å². The molecule has 0 amide bonds. The van der Waals surface area contributed by atoms with Crippen molar-refractivity contribution in [2.75, 3.05) is 12.3 Å². The molecule has 1 aliphatic heterocycles. The van der Waals surface area contributed by atoms with E-state index in [9.17, 15) is 0 Å². The summed E-state index contributed by atoms with van der Waals surface area (Å²) in [5.41, 5.74) is 3.11. The van der Waals surface area contributed by atoms with Crippen LogP contribution in [0.25, 0.3) is 11.0 Å². The lowest BCUT2D eigenvalue weighted by Gasteiger charge is -2.11. The molecule has 0 bridgehead atoms. The van der Waals surface area contributed by atoms with Crippen molar-refractivity contribution in [2.45, 2.75) is 4.90 Å². The lowest BCUT2D eigenvalue weighted by atomic mass is 10.3. The van der Waals surface area contributed by atoms with E-state index >= 15 is 0 Å². The highest BCUT2D eigenvalue weighted by Gasteiger charge is 2.12. The van der Waals surface area contributed by atoms with E-state index in [4.69, 9.17) is 0 Å². The first-order valence-corrected chi connectivity index (χ1v) is 6.23. The number of rotatable bonds is 1. The maximum atomic E-state index is 4.31. The van der Waals surface area contributed by atoms with E-state index in [-0.39, 0.29) is 10.9 Å². The standard InChI is InChI=1S/C10H11N3S/c1-3-12-10-8(1)9(2-4-13-10)14-6-5-11-7-14/h1-4,7,14H,5-6H2,(H,12,13). The Morgan fingerprint density at radius 1 is 1.36 bits per heavy atom. The molecule has 0 fully saturated rings. The van der Waals surface area contributed by atoms with Gasteiger partial charge in [0.05, 0.1) is 0 Å². The third-order valence-corrected chi connectivity index (χ3v) is 4.57. The molecule has 0 spiro atoms. The molecule has 3 nitrogen and oxygen atoms in total. The second kappa shape index (κ2) is 3.13. The molecule has 3 rings (SSSR count). The molecule has 1 atom stereocenters. The van der Waals surface area contributed by atoms with E-state index in [2.05, 4.69) is 32.6 Å². The summed E-state index contributed by atoms with van der Waals surface area (Å²) >= 11 is 0. The molecule has 0 saturated heterocycles. The van der Waals surface area contributed by atoms with Crippen LogP contribution in [0.5, 0.6) is 0 Å². The smallest absolute Gasteiger partial charge is 0.138 e. The highest BCUT2D eigenvalue weighted by atomic mass is 32.2. The average molecular weight is 205 g/mol. The first-order valence-electron chi connectivity index (χ1n) is 4.64.